The normalized spacial score (nSPS) is 11.5. The van der Waals surface area contributed by atoms with Gasteiger partial charge in [-0.25, -0.2) is 0 Å². The van der Waals surface area contributed by atoms with Gasteiger partial charge < -0.3 is 9.73 Å². The van der Waals surface area contributed by atoms with Gasteiger partial charge in [-0.15, -0.1) is 15.0 Å². The van der Waals surface area contributed by atoms with Crippen molar-refractivity contribution >= 4 is 51.1 Å². The quantitative estimate of drug-likeness (QED) is 0.247. The minimum Gasteiger partial charge on any atom is -0.457 e. The van der Waals surface area contributed by atoms with Crippen LogP contribution in [0.3, 0.4) is 0 Å². The zero-order valence-corrected chi connectivity index (χ0v) is 20.6. The second-order valence-corrected chi connectivity index (χ2v) is 9.11. The maximum atomic E-state index is 12.7. The Bertz CT molecular complexity index is 1790. The van der Waals surface area contributed by atoms with Crippen LogP contribution in [-0.4, -0.2) is 20.9 Å². The Balaban J connectivity index is 1.22. The van der Waals surface area contributed by atoms with Gasteiger partial charge in [-0.05, 0) is 78.5 Å². The molecule has 1 amide bonds. The minimum atomic E-state index is -0.270. The number of rotatable bonds is 5. The van der Waals surface area contributed by atoms with Gasteiger partial charge in [-0.1, -0.05) is 48.0 Å². The Kier molecular flexibility index (Phi) is 5.79. The summed E-state index contributed by atoms with van der Waals surface area (Å²) in [7, 11) is 0. The fourth-order valence-electron chi connectivity index (χ4n) is 4.24. The van der Waals surface area contributed by atoms with E-state index in [-0.39, 0.29) is 5.91 Å². The second kappa shape index (κ2) is 9.41. The number of carbonyl (C=O) groups is 1. The lowest BCUT2D eigenvalue weighted by Gasteiger charge is -2.05. The average Bonchev–Trinajstić information content (AvgIpc) is 3.55. The third kappa shape index (κ3) is 4.62. The summed E-state index contributed by atoms with van der Waals surface area (Å²) < 4.78 is 5.84. The van der Waals surface area contributed by atoms with Crippen molar-refractivity contribution in [3.63, 3.8) is 0 Å². The molecule has 0 atom stereocenters. The largest absolute Gasteiger partial charge is 0.457 e. The number of aromatic nitrogens is 3. The Hall–Kier alpha value is -4.68. The Morgan fingerprint density at radius 1 is 0.919 bits per heavy atom. The van der Waals surface area contributed by atoms with Crippen LogP contribution in [0.15, 0.2) is 101 Å². The van der Waals surface area contributed by atoms with E-state index in [0.717, 1.165) is 33.1 Å². The predicted octanol–water partition coefficient (Wildman–Crippen LogP) is 7.45. The number of benzene rings is 4. The van der Waals surface area contributed by atoms with Crippen molar-refractivity contribution in [3.8, 4) is 17.0 Å². The number of nitrogens with zero attached hydrogens (tertiary/aromatic N) is 3. The molecule has 180 valence electrons. The lowest BCUT2D eigenvalue weighted by atomic mass is 10.1. The Labute approximate surface area is 217 Å². The molecule has 6 aromatic rings. The topological polar surface area (TPSA) is 73.0 Å². The van der Waals surface area contributed by atoms with Gasteiger partial charge in [0, 0.05) is 27.7 Å². The number of hydrogen-bond acceptors (Lipinski definition) is 4. The first-order valence-corrected chi connectivity index (χ1v) is 12.1. The molecule has 0 spiro atoms. The predicted molar refractivity (Wildman–Crippen MR) is 148 cm³/mol. The van der Waals surface area contributed by atoms with Crippen LogP contribution in [-0.2, 0) is 4.79 Å². The van der Waals surface area contributed by atoms with E-state index in [4.69, 9.17) is 16.0 Å². The van der Waals surface area contributed by atoms with Crippen molar-refractivity contribution in [2.24, 2.45) is 0 Å². The number of aryl methyl sites for hydroxylation is 1. The molecule has 0 aliphatic carbocycles. The molecule has 0 fully saturated rings. The lowest BCUT2D eigenvalue weighted by Crippen LogP contribution is -2.08. The molecule has 6 nitrogen and oxygen atoms in total. The van der Waals surface area contributed by atoms with E-state index >= 15 is 0 Å². The summed E-state index contributed by atoms with van der Waals surface area (Å²) in [5.74, 6) is 1.01. The molecule has 0 radical (unpaired) electrons. The van der Waals surface area contributed by atoms with Crippen molar-refractivity contribution in [3.05, 3.63) is 113 Å². The summed E-state index contributed by atoms with van der Waals surface area (Å²) in [4.78, 5) is 14.3. The molecule has 6 rings (SSSR count). The summed E-state index contributed by atoms with van der Waals surface area (Å²) in [6, 6.07) is 29.0. The Morgan fingerprint density at radius 2 is 1.68 bits per heavy atom. The number of halogens is 1. The molecular weight excluding hydrogens is 484 g/mol. The van der Waals surface area contributed by atoms with Crippen LogP contribution in [0, 0.1) is 6.92 Å². The smallest absolute Gasteiger partial charge is 0.248 e. The summed E-state index contributed by atoms with van der Waals surface area (Å²) in [6.07, 6.45) is 3.08. The highest BCUT2D eigenvalue weighted by Crippen LogP contribution is 2.26. The fourth-order valence-corrected chi connectivity index (χ4v) is 4.36. The molecule has 4 aromatic carbocycles. The van der Waals surface area contributed by atoms with Gasteiger partial charge in [0.2, 0.25) is 5.91 Å². The molecule has 7 heteroatoms. The van der Waals surface area contributed by atoms with E-state index in [9.17, 15) is 4.79 Å². The molecule has 0 saturated heterocycles. The highest BCUT2D eigenvalue weighted by atomic mass is 35.5. The average molecular weight is 505 g/mol. The second-order valence-electron chi connectivity index (χ2n) is 8.68. The number of carbonyl (C=O) groups excluding carboxylic acids is 1. The SMILES string of the molecule is Cc1cc2nn(-c3cccc4ccccc34)nc2cc1NC(=O)/C=C/c1ccc(-c2ccc(Cl)cc2)o1. The van der Waals surface area contributed by atoms with E-state index in [2.05, 4.69) is 33.7 Å². The number of fused-ring (bicyclic) bond motifs is 2. The minimum absolute atomic E-state index is 0.270. The first-order chi connectivity index (χ1) is 18.0. The highest BCUT2D eigenvalue weighted by molar-refractivity contribution is 6.30. The molecule has 2 heterocycles. The monoisotopic (exact) mass is 504 g/mol. The number of anilines is 1. The van der Waals surface area contributed by atoms with E-state index in [1.165, 1.54) is 6.08 Å². The standard InChI is InChI=1S/C30H21ClN4O2/c1-19-17-26-27(34-35(33-26)28-8-4-6-20-5-2-3-7-24(20)28)18-25(19)32-30(36)16-14-23-13-15-29(37-23)21-9-11-22(31)12-10-21/h2-18H,1H3,(H,32,36)/b16-14+. The fraction of sp³-hybridized carbons (Fsp3) is 0.0333. The summed E-state index contributed by atoms with van der Waals surface area (Å²) in [5.41, 5.74) is 4.82. The maximum absolute atomic E-state index is 12.7. The number of hydrogen-bond donors (Lipinski definition) is 1. The van der Waals surface area contributed by atoms with E-state index < -0.39 is 0 Å². The van der Waals surface area contributed by atoms with E-state index in [1.807, 2.05) is 79.7 Å². The van der Waals surface area contributed by atoms with Crippen LogP contribution in [0.2, 0.25) is 5.02 Å². The van der Waals surface area contributed by atoms with Gasteiger partial charge in [-0.3, -0.25) is 4.79 Å². The van der Waals surface area contributed by atoms with Crippen LogP contribution >= 0.6 is 11.6 Å². The summed E-state index contributed by atoms with van der Waals surface area (Å²) in [5, 5.41) is 15.2. The number of nitrogens with one attached hydrogen (secondary N) is 1. The molecule has 0 aliphatic heterocycles. The molecular formula is C30H21ClN4O2. The first-order valence-electron chi connectivity index (χ1n) is 11.7. The molecule has 0 saturated carbocycles. The summed E-state index contributed by atoms with van der Waals surface area (Å²) >= 11 is 5.95. The van der Waals surface area contributed by atoms with Crippen LogP contribution in [0.4, 0.5) is 5.69 Å². The van der Waals surface area contributed by atoms with Crippen LogP contribution in [0.25, 0.3) is 44.9 Å². The summed E-state index contributed by atoms with van der Waals surface area (Å²) in [6.45, 7) is 1.93. The third-order valence-corrected chi connectivity index (χ3v) is 6.37. The van der Waals surface area contributed by atoms with Gasteiger partial charge in [0.1, 0.15) is 22.6 Å². The van der Waals surface area contributed by atoms with Gasteiger partial charge in [0.25, 0.3) is 0 Å². The van der Waals surface area contributed by atoms with E-state index in [1.54, 1.807) is 10.9 Å². The highest BCUT2D eigenvalue weighted by Gasteiger charge is 2.12. The van der Waals surface area contributed by atoms with Crippen LogP contribution < -0.4 is 5.32 Å². The maximum Gasteiger partial charge on any atom is 0.248 e. The number of furan rings is 1. The third-order valence-electron chi connectivity index (χ3n) is 6.12. The molecule has 1 N–H and O–H groups in total. The first kappa shape index (κ1) is 22.8. The van der Waals surface area contributed by atoms with Gasteiger partial charge in [-0.2, -0.15) is 0 Å². The van der Waals surface area contributed by atoms with Crippen molar-refractivity contribution < 1.29 is 9.21 Å². The number of amides is 1. The van der Waals surface area contributed by atoms with Crippen LogP contribution in [0.1, 0.15) is 11.3 Å². The van der Waals surface area contributed by atoms with Gasteiger partial charge in [0.05, 0.1) is 5.69 Å². The zero-order valence-electron chi connectivity index (χ0n) is 19.9. The molecule has 0 bridgehead atoms. The van der Waals surface area contributed by atoms with Crippen molar-refractivity contribution in [1.82, 2.24) is 15.0 Å². The van der Waals surface area contributed by atoms with Gasteiger partial charge >= 0.3 is 0 Å². The van der Waals surface area contributed by atoms with Crippen molar-refractivity contribution in [2.75, 3.05) is 5.32 Å². The van der Waals surface area contributed by atoms with Gasteiger partial charge in [0.15, 0.2) is 0 Å². The molecule has 37 heavy (non-hydrogen) atoms. The van der Waals surface area contributed by atoms with E-state index in [0.29, 0.717) is 27.7 Å². The van der Waals surface area contributed by atoms with Crippen LogP contribution in [0.5, 0.6) is 0 Å². The lowest BCUT2D eigenvalue weighted by molar-refractivity contribution is -0.111. The Morgan fingerprint density at radius 3 is 2.51 bits per heavy atom. The zero-order chi connectivity index (χ0) is 25.4. The van der Waals surface area contributed by atoms with Crippen molar-refractivity contribution in [1.29, 1.82) is 0 Å². The molecule has 0 aliphatic rings. The molecule has 2 aromatic heterocycles. The molecule has 0 unspecified atom stereocenters. The van der Waals surface area contributed by atoms with Crippen molar-refractivity contribution in [2.45, 2.75) is 6.92 Å².